The summed E-state index contributed by atoms with van der Waals surface area (Å²) < 4.78 is 1.73. The number of nitrogens with zero attached hydrogens (tertiary/aromatic N) is 4. The Bertz CT molecular complexity index is 1390. The van der Waals surface area contributed by atoms with Crippen LogP contribution in [0, 0.1) is 20.8 Å². The van der Waals surface area contributed by atoms with E-state index in [-0.39, 0.29) is 5.91 Å². The molecule has 0 aliphatic carbocycles. The monoisotopic (exact) mass is 484 g/mol. The molecule has 1 amide bonds. The van der Waals surface area contributed by atoms with Crippen molar-refractivity contribution in [2.45, 2.75) is 20.8 Å². The molecule has 1 fully saturated rings. The third kappa shape index (κ3) is 4.69. The van der Waals surface area contributed by atoms with Gasteiger partial charge in [0, 0.05) is 42.5 Å². The van der Waals surface area contributed by atoms with Crippen LogP contribution in [0.15, 0.2) is 72.8 Å². The van der Waals surface area contributed by atoms with Crippen LogP contribution in [0.1, 0.15) is 27.2 Å². The van der Waals surface area contributed by atoms with Crippen LogP contribution in [0.25, 0.3) is 16.9 Å². The summed E-state index contributed by atoms with van der Waals surface area (Å²) in [5, 5.41) is 5.46. The van der Waals surface area contributed by atoms with Crippen molar-refractivity contribution >= 4 is 23.2 Å². The second-order valence-electron chi connectivity index (χ2n) is 9.17. The third-order valence-corrected chi connectivity index (χ3v) is 7.04. The fourth-order valence-electron chi connectivity index (χ4n) is 4.61. The number of hydrogen-bond donors (Lipinski definition) is 0. The van der Waals surface area contributed by atoms with Crippen molar-refractivity contribution in [1.82, 2.24) is 14.7 Å². The molecule has 1 aliphatic heterocycles. The number of amides is 1. The summed E-state index contributed by atoms with van der Waals surface area (Å²) >= 11 is 6.28. The Morgan fingerprint density at radius 3 is 2.29 bits per heavy atom. The van der Waals surface area contributed by atoms with Crippen LogP contribution < -0.4 is 4.90 Å². The average Bonchev–Trinajstić information content (AvgIpc) is 3.31. The van der Waals surface area contributed by atoms with Crippen LogP contribution >= 0.6 is 11.6 Å². The lowest BCUT2D eigenvalue weighted by atomic mass is 10.0. The molecule has 3 aromatic carbocycles. The van der Waals surface area contributed by atoms with E-state index in [9.17, 15) is 4.79 Å². The maximum absolute atomic E-state index is 13.8. The van der Waals surface area contributed by atoms with Crippen LogP contribution in [0.2, 0.25) is 5.02 Å². The molecule has 0 bridgehead atoms. The summed E-state index contributed by atoms with van der Waals surface area (Å²) in [4.78, 5) is 18.1. The Labute approximate surface area is 211 Å². The summed E-state index contributed by atoms with van der Waals surface area (Å²) in [6, 6.07) is 24.0. The highest BCUT2D eigenvalue weighted by Crippen LogP contribution is 2.27. The first-order valence-corrected chi connectivity index (χ1v) is 12.3. The lowest BCUT2D eigenvalue weighted by Crippen LogP contribution is -2.49. The Hall–Kier alpha value is -3.57. The second-order valence-corrected chi connectivity index (χ2v) is 9.61. The maximum atomic E-state index is 13.8. The zero-order valence-corrected chi connectivity index (χ0v) is 21.1. The molecule has 1 saturated heterocycles. The lowest BCUT2D eigenvalue weighted by Gasteiger charge is -2.36. The molecule has 0 unspecified atom stereocenters. The van der Waals surface area contributed by atoms with Crippen molar-refractivity contribution < 1.29 is 4.79 Å². The zero-order valence-electron chi connectivity index (χ0n) is 20.3. The predicted molar refractivity (Wildman–Crippen MR) is 143 cm³/mol. The molecule has 35 heavy (non-hydrogen) atoms. The van der Waals surface area contributed by atoms with E-state index in [4.69, 9.17) is 16.7 Å². The number of halogens is 1. The highest BCUT2D eigenvalue weighted by Gasteiger charge is 2.27. The SMILES string of the molecule is Cc1ccc(-c2cc(C(=O)N3CCN(c4ccccc4C)CC3)n(-c3cccc(Cl)c3)n2)cc1C. The van der Waals surface area contributed by atoms with Gasteiger partial charge in [-0.05, 0) is 73.9 Å². The van der Waals surface area contributed by atoms with Gasteiger partial charge in [0.25, 0.3) is 5.91 Å². The molecule has 4 aromatic rings. The Balaban J connectivity index is 1.46. The van der Waals surface area contributed by atoms with Crippen LogP contribution in [-0.4, -0.2) is 46.8 Å². The minimum absolute atomic E-state index is 0.0167. The molecule has 1 aromatic heterocycles. The smallest absolute Gasteiger partial charge is 0.272 e. The maximum Gasteiger partial charge on any atom is 0.272 e. The molecule has 5 rings (SSSR count). The Morgan fingerprint density at radius 1 is 0.800 bits per heavy atom. The fraction of sp³-hybridized carbons (Fsp3) is 0.241. The number of rotatable bonds is 4. The molecular weight excluding hydrogens is 456 g/mol. The van der Waals surface area contributed by atoms with Gasteiger partial charge in [0.05, 0.1) is 11.4 Å². The number of carbonyl (C=O) groups excluding carboxylic acids is 1. The van der Waals surface area contributed by atoms with Gasteiger partial charge in [0.15, 0.2) is 0 Å². The van der Waals surface area contributed by atoms with E-state index < -0.39 is 0 Å². The number of para-hydroxylation sites is 1. The zero-order chi connectivity index (χ0) is 24.5. The molecule has 0 spiro atoms. The van der Waals surface area contributed by atoms with Crippen molar-refractivity contribution in [3.05, 3.63) is 100 Å². The number of piperazine rings is 1. The Kier molecular flexibility index (Phi) is 6.35. The standard InChI is InChI=1S/C29H29ClN4O/c1-20-11-12-23(17-22(20)3)26-19-28(34(31-26)25-9-6-8-24(30)18-25)29(35)33-15-13-32(14-16-33)27-10-5-4-7-21(27)2/h4-12,17-19H,13-16H2,1-3H3. The average molecular weight is 485 g/mol. The third-order valence-electron chi connectivity index (χ3n) is 6.81. The summed E-state index contributed by atoms with van der Waals surface area (Å²) in [6.45, 7) is 9.23. The molecule has 0 radical (unpaired) electrons. The summed E-state index contributed by atoms with van der Waals surface area (Å²) in [6.07, 6.45) is 0. The van der Waals surface area contributed by atoms with Crippen LogP contribution in [0.4, 0.5) is 5.69 Å². The number of benzene rings is 3. The van der Waals surface area contributed by atoms with Gasteiger partial charge in [0.1, 0.15) is 5.69 Å². The normalized spacial score (nSPS) is 13.8. The van der Waals surface area contributed by atoms with Crippen molar-refractivity contribution in [1.29, 1.82) is 0 Å². The van der Waals surface area contributed by atoms with Gasteiger partial charge in [-0.1, -0.05) is 48.0 Å². The van der Waals surface area contributed by atoms with Gasteiger partial charge in [0.2, 0.25) is 0 Å². The molecule has 0 N–H and O–H groups in total. The first-order valence-electron chi connectivity index (χ1n) is 11.9. The number of anilines is 1. The molecule has 6 heteroatoms. The van der Waals surface area contributed by atoms with Crippen molar-refractivity contribution in [3.8, 4) is 16.9 Å². The molecule has 1 aliphatic rings. The van der Waals surface area contributed by atoms with Gasteiger partial charge < -0.3 is 9.80 Å². The van der Waals surface area contributed by atoms with Gasteiger partial charge in [-0.3, -0.25) is 4.79 Å². The summed E-state index contributed by atoms with van der Waals surface area (Å²) in [5.41, 5.74) is 8.00. The van der Waals surface area contributed by atoms with E-state index in [1.807, 2.05) is 35.2 Å². The van der Waals surface area contributed by atoms with E-state index in [1.165, 1.54) is 22.4 Å². The van der Waals surface area contributed by atoms with E-state index in [0.717, 1.165) is 30.0 Å². The van der Waals surface area contributed by atoms with E-state index in [0.29, 0.717) is 23.8 Å². The van der Waals surface area contributed by atoms with E-state index >= 15 is 0 Å². The molecule has 5 nitrogen and oxygen atoms in total. The van der Waals surface area contributed by atoms with Gasteiger partial charge in [-0.15, -0.1) is 0 Å². The second kappa shape index (κ2) is 9.59. The first-order chi connectivity index (χ1) is 16.9. The van der Waals surface area contributed by atoms with E-state index in [1.54, 1.807) is 4.68 Å². The molecular formula is C29H29ClN4O. The quantitative estimate of drug-likeness (QED) is 0.352. The molecule has 0 saturated carbocycles. The molecule has 2 heterocycles. The summed E-state index contributed by atoms with van der Waals surface area (Å²) in [5.74, 6) is -0.0167. The molecule has 178 valence electrons. The largest absolute Gasteiger partial charge is 0.368 e. The fourth-order valence-corrected chi connectivity index (χ4v) is 4.80. The number of hydrogen-bond acceptors (Lipinski definition) is 3. The van der Waals surface area contributed by atoms with Crippen molar-refractivity contribution in [2.75, 3.05) is 31.1 Å². The van der Waals surface area contributed by atoms with Crippen LogP contribution in [-0.2, 0) is 0 Å². The Morgan fingerprint density at radius 2 is 1.57 bits per heavy atom. The highest BCUT2D eigenvalue weighted by molar-refractivity contribution is 6.30. The van der Waals surface area contributed by atoms with Crippen LogP contribution in [0.5, 0.6) is 0 Å². The predicted octanol–water partition coefficient (Wildman–Crippen LogP) is 6.08. The summed E-state index contributed by atoms with van der Waals surface area (Å²) in [7, 11) is 0. The number of aromatic nitrogens is 2. The van der Waals surface area contributed by atoms with Gasteiger partial charge in [-0.2, -0.15) is 5.10 Å². The minimum Gasteiger partial charge on any atom is -0.368 e. The number of aryl methyl sites for hydroxylation is 3. The number of carbonyl (C=O) groups is 1. The first kappa shape index (κ1) is 23.2. The van der Waals surface area contributed by atoms with Crippen LogP contribution in [0.3, 0.4) is 0 Å². The van der Waals surface area contributed by atoms with Gasteiger partial charge in [-0.25, -0.2) is 4.68 Å². The highest BCUT2D eigenvalue weighted by atomic mass is 35.5. The van der Waals surface area contributed by atoms with Crippen molar-refractivity contribution in [2.24, 2.45) is 0 Å². The van der Waals surface area contributed by atoms with Gasteiger partial charge >= 0.3 is 0 Å². The topological polar surface area (TPSA) is 41.4 Å². The van der Waals surface area contributed by atoms with Crippen molar-refractivity contribution in [3.63, 3.8) is 0 Å². The minimum atomic E-state index is -0.0167. The van der Waals surface area contributed by atoms with E-state index in [2.05, 4.69) is 68.1 Å². The lowest BCUT2D eigenvalue weighted by molar-refractivity contribution is 0.0737. The molecule has 0 atom stereocenters.